The summed E-state index contributed by atoms with van der Waals surface area (Å²) in [6.45, 7) is 3.94. The van der Waals surface area contributed by atoms with Gasteiger partial charge in [0.1, 0.15) is 0 Å². The normalized spacial score (nSPS) is 26.0. The minimum Gasteiger partial charge on any atom is -0.379 e. The van der Waals surface area contributed by atoms with Crippen LogP contribution in [-0.4, -0.2) is 49.6 Å². The number of alkyl halides is 1. The summed E-state index contributed by atoms with van der Waals surface area (Å²) in [4.78, 5) is 0.108. The number of sulfonamides is 1. The van der Waals surface area contributed by atoms with Crippen LogP contribution in [0, 0.1) is 0 Å². The highest BCUT2D eigenvalue weighted by Gasteiger charge is 2.25. The predicted molar refractivity (Wildman–Crippen MR) is 59.2 cm³/mol. The Labute approximate surface area is 93.8 Å². The Kier molecular flexibility index (Phi) is 4.82. The fourth-order valence-corrected chi connectivity index (χ4v) is 3.64. The topological polar surface area (TPSA) is 46.6 Å². The SMILES string of the molecule is CCCS(=O)(=O)N1CCOCC(Br)C1. The third kappa shape index (κ3) is 3.49. The number of hydrogen-bond acceptors (Lipinski definition) is 3. The fourth-order valence-electron chi connectivity index (χ4n) is 1.38. The Balaban J connectivity index is 2.65. The van der Waals surface area contributed by atoms with Crippen LogP contribution in [0.15, 0.2) is 0 Å². The van der Waals surface area contributed by atoms with Crippen molar-refractivity contribution in [2.45, 2.75) is 18.2 Å². The molecule has 0 radical (unpaired) electrons. The summed E-state index contributed by atoms with van der Waals surface area (Å²) >= 11 is 3.39. The van der Waals surface area contributed by atoms with E-state index >= 15 is 0 Å². The molecule has 1 aliphatic heterocycles. The summed E-state index contributed by atoms with van der Waals surface area (Å²) in [5, 5.41) is 0. The van der Waals surface area contributed by atoms with Gasteiger partial charge in [-0.1, -0.05) is 22.9 Å². The van der Waals surface area contributed by atoms with Crippen LogP contribution < -0.4 is 0 Å². The molecular weight excluding hydrogens is 270 g/mol. The third-order valence-corrected chi connectivity index (χ3v) is 4.64. The summed E-state index contributed by atoms with van der Waals surface area (Å²) in [7, 11) is -3.07. The molecule has 1 heterocycles. The molecule has 0 aromatic rings. The lowest BCUT2D eigenvalue weighted by molar-refractivity contribution is 0.151. The van der Waals surface area contributed by atoms with Gasteiger partial charge in [0.2, 0.25) is 10.0 Å². The van der Waals surface area contributed by atoms with E-state index in [1.54, 1.807) is 0 Å². The van der Waals surface area contributed by atoms with Crippen LogP contribution in [-0.2, 0) is 14.8 Å². The molecule has 1 saturated heterocycles. The first kappa shape index (κ1) is 12.4. The van der Waals surface area contributed by atoms with Crippen LogP contribution in [0.1, 0.15) is 13.3 Å². The summed E-state index contributed by atoms with van der Waals surface area (Å²) in [5.74, 6) is 0.229. The van der Waals surface area contributed by atoms with Crippen molar-refractivity contribution in [3.8, 4) is 0 Å². The highest BCUT2D eigenvalue weighted by Crippen LogP contribution is 2.12. The number of rotatable bonds is 3. The number of halogens is 1. The van der Waals surface area contributed by atoms with Gasteiger partial charge in [0.15, 0.2) is 0 Å². The van der Waals surface area contributed by atoms with Crippen LogP contribution in [0.25, 0.3) is 0 Å². The first-order chi connectivity index (χ1) is 6.56. The van der Waals surface area contributed by atoms with E-state index in [0.717, 1.165) is 0 Å². The Bertz CT molecular complexity index is 268. The predicted octanol–water partition coefficient (Wildman–Crippen LogP) is 0.822. The fraction of sp³-hybridized carbons (Fsp3) is 1.00. The zero-order valence-corrected chi connectivity index (χ0v) is 10.7. The van der Waals surface area contributed by atoms with Crippen molar-refractivity contribution in [2.24, 2.45) is 0 Å². The zero-order valence-electron chi connectivity index (χ0n) is 8.28. The Morgan fingerprint density at radius 1 is 1.57 bits per heavy atom. The molecular formula is C8H16BrNO3S. The highest BCUT2D eigenvalue weighted by molar-refractivity contribution is 9.09. The molecule has 1 fully saturated rings. The van der Waals surface area contributed by atoms with Crippen LogP contribution in [0.5, 0.6) is 0 Å². The van der Waals surface area contributed by atoms with E-state index in [1.807, 2.05) is 6.92 Å². The lowest BCUT2D eigenvalue weighted by Crippen LogP contribution is -2.37. The molecule has 4 nitrogen and oxygen atoms in total. The van der Waals surface area contributed by atoms with E-state index < -0.39 is 10.0 Å². The minimum atomic E-state index is -3.07. The molecule has 14 heavy (non-hydrogen) atoms. The van der Waals surface area contributed by atoms with E-state index in [0.29, 0.717) is 32.7 Å². The second-order valence-electron chi connectivity index (χ2n) is 3.35. The number of ether oxygens (including phenoxy) is 1. The molecule has 0 spiro atoms. The zero-order chi connectivity index (χ0) is 10.6. The highest BCUT2D eigenvalue weighted by atomic mass is 79.9. The van der Waals surface area contributed by atoms with Crippen molar-refractivity contribution < 1.29 is 13.2 Å². The quantitative estimate of drug-likeness (QED) is 0.722. The first-order valence-corrected chi connectivity index (χ1v) is 7.28. The number of nitrogens with zero attached hydrogens (tertiary/aromatic N) is 1. The molecule has 0 amide bonds. The maximum absolute atomic E-state index is 11.7. The van der Waals surface area contributed by atoms with Crippen molar-refractivity contribution in [1.29, 1.82) is 0 Å². The Morgan fingerprint density at radius 3 is 2.93 bits per heavy atom. The van der Waals surface area contributed by atoms with Crippen LogP contribution in [0.2, 0.25) is 0 Å². The van der Waals surface area contributed by atoms with Crippen LogP contribution in [0.3, 0.4) is 0 Å². The van der Waals surface area contributed by atoms with Crippen molar-refractivity contribution in [3.63, 3.8) is 0 Å². The van der Waals surface area contributed by atoms with Gasteiger partial charge in [0.25, 0.3) is 0 Å². The smallest absolute Gasteiger partial charge is 0.214 e. The molecule has 0 saturated carbocycles. The van der Waals surface area contributed by atoms with Crippen molar-refractivity contribution in [1.82, 2.24) is 4.31 Å². The largest absolute Gasteiger partial charge is 0.379 e. The first-order valence-electron chi connectivity index (χ1n) is 4.76. The van der Waals surface area contributed by atoms with Gasteiger partial charge in [-0.25, -0.2) is 8.42 Å². The Morgan fingerprint density at radius 2 is 2.29 bits per heavy atom. The molecule has 6 heteroatoms. The van der Waals surface area contributed by atoms with Gasteiger partial charge in [0, 0.05) is 13.1 Å². The minimum absolute atomic E-state index is 0.108. The Hall–Kier alpha value is 0.350. The summed E-state index contributed by atoms with van der Waals surface area (Å²) in [5.41, 5.74) is 0. The molecule has 1 rings (SSSR count). The van der Waals surface area contributed by atoms with E-state index in [1.165, 1.54) is 4.31 Å². The molecule has 1 unspecified atom stereocenters. The van der Waals surface area contributed by atoms with Crippen molar-refractivity contribution >= 4 is 26.0 Å². The summed E-state index contributed by atoms with van der Waals surface area (Å²) in [6, 6.07) is 0. The molecule has 84 valence electrons. The van der Waals surface area contributed by atoms with Crippen LogP contribution in [0.4, 0.5) is 0 Å². The standard InChI is InChI=1S/C8H16BrNO3S/c1-2-5-14(11,12)10-3-4-13-7-8(9)6-10/h8H,2-7H2,1H3. The molecule has 0 bridgehead atoms. The van der Waals surface area contributed by atoms with Gasteiger partial charge in [-0.15, -0.1) is 0 Å². The van der Waals surface area contributed by atoms with Crippen molar-refractivity contribution in [3.05, 3.63) is 0 Å². The molecule has 1 atom stereocenters. The molecule has 1 aliphatic rings. The van der Waals surface area contributed by atoms with Crippen molar-refractivity contribution in [2.75, 3.05) is 32.1 Å². The number of hydrogen-bond donors (Lipinski definition) is 0. The lowest BCUT2D eigenvalue weighted by atomic mass is 10.4. The summed E-state index contributed by atoms with van der Waals surface area (Å²) in [6.07, 6.45) is 0.659. The maximum Gasteiger partial charge on any atom is 0.214 e. The molecule has 0 N–H and O–H groups in total. The van der Waals surface area contributed by atoms with Gasteiger partial charge in [0.05, 0.1) is 23.8 Å². The van der Waals surface area contributed by atoms with E-state index in [-0.39, 0.29) is 10.6 Å². The van der Waals surface area contributed by atoms with Gasteiger partial charge >= 0.3 is 0 Å². The second-order valence-corrected chi connectivity index (χ2v) is 6.73. The lowest BCUT2D eigenvalue weighted by Gasteiger charge is -2.20. The van der Waals surface area contributed by atoms with Gasteiger partial charge in [-0.05, 0) is 6.42 Å². The summed E-state index contributed by atoms with van der Waals surface area (Å²) < 4.78 is 30.2. The molecule has 0 aromatic heterocycles. The van der Waals surface area contributed by atoms with Gasteiger partial charge in [-0.3, -0.25) is 0 Å². The van der Waals surface area contributed by atoms with Crippen LogP contribution >= 0.6 is 15.9 Å². The maximum atomic E-state index is 11.7. The van der Waals surface area contributed by atoms with Gasteiger partial charge < -0.3 is 4.74 Å². The van der Waals surface area contributed by atoms with E-state index in [9.17, 15) is 8.42 Å². The third-order valence-electron chi connectivity index (χ3n) is 2.04. The van der Waals surface area contributed by atoms with E-state index in [2.05, 4.69) is 15.9 Å². The average Bonchev–Trinajstić information content (AvgIpc) is 2.30. The molecule has 0 aromatic carbocycles. The van der Waals surface area contributed by atoms with Gasteiger partial charge in [-0.2, -0.15) is 4.31 Å². The molecule has 0 aliphatic carbocycles. The monoisotopic (exact) mass is 285 g/mol. The van der Waals surface area contributed by atoms with E-state index in [4.69, 9.17) is 4.74 Å². The second kappa shape index (κ2) is 5.44. The average molecular weight is 286 g/mol.